The quantitative estimate of drug-likeness (QED) is 0.222. The Kier molecular flexibility index (Phi) is 6.58. The highest BCUT2D eigenvalue weighted by atomic mass is 32.2. The number of carboxylic acid groups (broad SMARTS) is 1. The smallest absolute Gasteiger partial charge is 0.352 e. The minimum absolute atomic E-state index is 0.0636. The minimum atomic E-state index is -1.31. The Morgan fingerprint density at radius 3 is 2.81 bits per heavy atom. The molecule has 2 aliphatic heterocycles. The van der Waals surface area contributed by atoms with Crippen LogP contribution in [0, 0.1) is 10.1 Å². The molecule has 13 nitrogen and oxygen atoms in total. The Balaban J connectivity index is 1.54. The van der Waals surface area contributed by atoms with Crippen LogP contribution in [0.3, 0.4) is 0 Å². The van der Waals surface area contributed by atoms with E-state index in [1.165, 1.54) is 29.6 Å². The van der Waals surface area contributed by atoms with Gasteiger partial charge in [-0.15, -0.1) is 11.8 Å². The van der Waals surface area contributed by atoms with Crippen LogP contribution in [0.15, 0.2) is 23.7 Å². The van der Waals surface area contributed by atoms with Gasteiger partial charge in [-0.05, 0) is 6.42 Å². The summed E-state index contributed by atoms with van der Waals surface area (Å²) in [4.78, 5) is 58.6. The molecule has 0 aromatic carbocycles. The van der Waals surface area contributed by atoms with Gasteiger partial charge in [0.15, 0.2) is 0 Å². The Hall–Kier alpha value is -3.42. The van der Waals surface area contributed by atoms with Gasteiger partial charge in [-0.3, -0.25) is 34.1 Å². The number of aliphatic carboxylic acids is 1. The molecule has 0 aliphatic carbocycles. The van der Waals surface area contributed by atoms with E-state index in [-0.39, 0.29) is 36.7 Å². The van der Waals surface area contributed by atoms with Gasteiger partial charge in [0.25, 0.3) is 5.91 Å². The first-order chi connectivity index (χ1) is 14.7. The maximum absolute atomic E-state index is 12.5. The lowest BCUT2D eigenvalue weighted by molar-refractivity contribution is -0.385. The highest BCUT2D eigenvalue weighted by Gasteiger charge is 2.54. The number of nitrogens with zero attached hydrogens (tertiary/aromatic N) is 4. The van der Waals surface area contributed by atoms with Crippen molar-refractivity contribution < 1.29 is 33.9 Å². The topological polar surface area (TPSA) is 174 Å². The first-order valence-corrected chi connectivity index (χ1v) is 10.2. The number of ether oxygens (including phenoxy) is 1. The molecule has 31 heavy (non-hydrogen) atoms. The molecule has 0 bridgehead atoms. The van der Waals surface area contributed by atoms with E-state index in [2.05, 4.69) is 10.4 Å². The molecular weight excluding hydrogens is 434 g/mol. The summed E-state index contributed by atoms with van der Waals surface area (Å²) in [5.41, 5.74) is -0.0505. The number of carboxylic acids is 1. The highest BCUT2D eigenvalue weighted by Crippen LogP contribution is 2.40. The lowest BCUT2D eigenvalue weighted by atomic mass is 10.0. The summed E-state index contributed by atoms with van der Waals surface area (Å²) in [7, 11) is 0. The Labute approximate surface area is 179 Å². The third-order valence-corrected chi connectivity index (χ3v) is 5.98. The number of carbonyl (C=O) groups excluding carboxylic acids is 3. The van der Waals surface area contributed by atoms with Crippen LogP contribution in [0.1, 0.15) is 19.8 Å². The van der Waals surface area contributed by atoms with E-state index in [1.54, 1.807) is 0 Å². The van der Waals surface area contributed by atoms with E-state index in [1.807, 2.05) is 0 Å². The van der Waals surface area contributed by atoms with Crippen LogP contribution >= 0.6 is 11.8 Å². The molecular formula is C17H19N5O8S. The highest BCUT2D eigenvalue weighted by molar-refractivity contribution is 8.00. The molecule has 0 saturated carbocycles. The van der Waals surface area contributed by atoms with Crippen LogP contribution in [0.2, 0.25) is 0 Å². The lowest BCUT2D eigenvalue weighted by Gasteiger charge is -2.49. The van der Waals surface area contributed by atoms with E-state index >= 15 is 0 Å². The fraction of sp³-hybridized carbons (Fsp3) is 0.471. The average molecular weight is 453 g/mol. The van der Waals surface area contributed by atoms with E-state index in [9.17, 15) is 34.4 Å². The second-order valence-electron chi connectivity index (χ2n) is 6.81. The zero-order valence-corrected chi connectivity index (χ0v) is 17.2. The molecule has 1 fully saturated rings. The van der Waals surface area contributed by atoms with E-state index in [0.29, 0.717) is 12.0 Å². The van der Waals surface area contributed by atoms with Gasteiger partial charge in [0.1, 0.15) is 36.1 Å². The molecule has 0 unspecified atom stereocenters. The molecule has 1 saturated heterocycles. The van der Waals surface area contributed by atoms with Crippen molar-refractivity contribution in [2.45, 2.75) is 37.7 Å². The number of rotatable bonds is 9. The molecule has 3 heterocycles. The molecule has 2 atom stereocenters. The van der Waals surface area contributed by atoms with Crippen LogP contribution in [0.25, 0.3) is 0 Å². The molecule has 2 amide bonds. The van der Waals surface area contributed by atoms with Crippen molar-refractivity contribution in [2.24, 2.45) is 0 Å². The Bertz CT molecular complexity index is 973. The number of hydrogen-bond acceptors (Lipinski definition) is 9. The van der Waals surface area contributed by atoms with Crippen molar-refractivity contribution in [1.29, 1.82) is 0 Å². The van der Waals surface area contributed by atoms with Gasteiger partial charge in [0.05, 0.1) is 4.92 Å². The molecule has 2 aliphatic rings. The minimum Gasteiger partial charge on any atom is -0.477 e. The van der Waals surface area contributed by atoms with Crippen LogP contribution in [0.5, 0.6) is 0 Å². The number of thioether (sulfide) groups is 1. The first kappa shape index (κ1) is 22.3. The number of amides is 2. The number of β-lactam (4-membered cyclic amide) rings is 1. The molecule has 0 spiro atoms. The zero-order chi connectivity index (χ0) is 22.7. The van der Waals surface area contributed by atoms with Gasteiger partial charge in [0.2, 0.25) is 5.91 Å². The molecule has 0 radical (unpaired) electrons. The van der Waals surface area contributed by atoms with E-state index < -0.39 is 40.1 Å². The van der Waals surface area contributed by atoms with Crippen LogP contribution < -0.4 is 5.32 Å². The zero-order valence-electron chi connectivity index (χ0n) is 16.3. The van der Waals surface area contributed by atoms with E-state index in [0.717, 1.165) is 11.1 Å². The summed E-state index contributed by atoms with van der Waals surface area (Å²) >= 11 is 1.27. The van der Waals surface area contributed by atoms with Crippen molar-refractivity contribution >= 4 is 41.2 Å². The Morgan fingerprint density at radius 1 is 1.45 bits per heavy atom. The Morgan fingerprint density at radius 2 is 2.19 bits per heavy atom. The predicted molar refractivity (Wildman–Crippen MR) is 104 cm³/mol. The van der Waals surface area contributed by atoms with Crippen LogP contribution in [-0.4, -0.2) is 72.2 Å². The predicted octanol–water partition coefficient (Wildman–Crippen LogP) is -0.127. The number of hydrogen-bond donors (Lipinski definition) is 2. The van der Waals surface area contributed by atoms with Crippen molar-refractivity contribution in [3.63, 3.8) is 0 Å². The van der Waals surface area contributed by atoms with Crippen LogP contribution in [-0.2, 0) is 30.5 Å². The second-order valence-corrected chi connectivity index (χ2v) is 7.92. The maximum Gasteiger partial charge on any atom is 0.352 e. The first-order valence-electron chi connectivity index (χ1n) is 9.18. The fourth-order valence-electron chi connectivity index (χ4n) is 3.20. The largest absolute Gasteiger partial charge is 0.477 e. The number of nitrogens with one attached hydrogen (secondary N) is 1. The molecule has 3 rings (SSSR count). The van der Waals surface area contributed by atoms with Crippen molar-refractivity contribution in [3.8, 4) is 0 Å². The molecule has 1 aromatic rings. The third-order valence-electron chi connectivity index (χ3n) is 4.64. The van der Waals surface area contributed by atoms with Gasteiger partial charge < -0.3 is 15.2 Å². The summed E-state index contributed by atoms with van der Waals surface area (Å²) in [6.07, 6.45) is 2.79. The average Bonchev–Trinajstić information content (AvgIpc) is 3.18. The van der Waals surface area contributed by atoms with Gasteiger partial charge in [-0.2, -0.15) is 5.10 Å². The summed E-state index contributed by atoms with van der Waals surface area (Å²) in [5.74, 6) is -2.57. The summed E-state index contributed by atoms with van der Waals surface area (Å²) in [5, 5.41) is 26.0. The van der Waals surface area contributed by atoms with Crippen LogP contribution in [0.4, 0.5) is 5.69 Å². The van der Waals surface area contributed by atoms with Gasteiger partial charge >= 0.3 is 17.6 Å². The van der Waals surface area contributed by atoms with Crippen molar-refractivity contribution in [3.05, 3.63) is 33.8 Å². The van der Waals surface area contributed by atoms with Crippen molar-refractivity contribution in [2.75, 3.05) is 12.4 Å². The second kappa shape index (κ2) is 9.16. The summed E-state index contributed by atoms with van der Waals surface area (Å²) in [6.45, 7) is 1.27. The van der Waals surface area contributed by atoms with Gasteiger partial charge in [0, 0.05) is 31.2 Å². The molecule has 166 valence electrons. The molecule has 14 heteroatoms. The van der Waals surface area contributed by atoms with Gasteiger partial charge in [-0.1, -0.05) is 0 Å². The standard InChI is InChI=1S/C17H19N5O8S/c1-9(23)30-7-10-8-31-16-13(15(25)21(16)14(10)17(26)27)19-12(24)3-2-4-20-6-11(5-18-20)22(28)29/h5-6,13,16H,2-4,7-8H2,1H3,(H,19,24)(H,26,27)/t13-,16+/m1/s1. The lowest BCUT2D eigenvalue weighted by Crippen LogP contribution is -2.70. The number of aromatic nitrogens is 2. The molecule has 2 N–H and O–H groups in total. The molecule has 1 aromatic heterocycles. The number of esters is 1. The monoisotopic (exact) mass is 453 g/mol. The SMILES string of the molecule is CC(=O)OCC1=C(C(=O)O)N2C(=O)[C@@H](NC(=O)CCCn3cc([N+](=O)[O-])cn3)[C@@H]2SC1. The van der Waals surface area contributed by atoms with Gasteiger partial charge in [-0.25, -0.2) is 4.79 Å². The fourth-order valence-corrected chi connectivity index (χ4v) is 4.53. The number of fused-ring (bicyclic) bond motifs is 1. The van der Waals surface area contributed by atoms with E-state index in [4.69, 9.17) is 4.74 Å². The number of aryl methyl sites for hydroxylation is 1. The van der Waals surface area contributed by atoms with Crippen molar-refractivity contribution in [1.82, 2.24) is 20.0 Å². The maximum atomic E-state index is 12.5. The number of carbonyl (C=O) groups is 4. The number of nitro groups is 1. The third kappa shape index (κ3) is 4.84. The summed E-state index contributed by atoms with van der Waals surface area (Å²) < 4.78 is 6.22. The summed E-state index contributed by atoms with van der Waals surface area (Å²) in [6, 6.07) is -0.854. The normalized spacial score (nSPS) is 20.0.